The van der Waals surface area contributed by atoms with Crippen molar-refractivity contribution in [1.82, 2.24) is 4.98 Å². The van der Waals surface area contributed by atoms with E-state index in [1.807, 2.05) is 42.5 Å². The topological polar surface area (TPSA) is 54.1 Å². The Morgan fingerprint density at radius 1 is 1.05 bits per heavy atom. The number of hydrogen-bond acceptors (Lipinski definition) is 3. The summed E-state index contributed by atoms with van der Waals surface area (Å²) in [5, 5.41) is 4.39. The van der Waals surface area contributed by atoms with Crippen molar-refractivity contribution in [2.24, 2.45) is 0 Å². The molecule has 0 radical (unpaired) electrons. The Bertz CT molecular complexity index is 880. The fraction of sp³-hybridized carbons (Fsp3) is 0.167. The molecule has 2 N–H and O–H groups in total. The number of para-hydroxylation sites is 1. The summed E-state index contributed by atoms with van der Waals surface area (Å²) in [6.45, 7) is 0.641. The quantitative estimate of drug-likeness (QED) is 0.754. The molecule has 4 nitrogen and oxygen atoms in total. The van der Waals surface area contributed by atoms with Gasteiger partial charge in [0.2, 0.25) is 0 Å². The standard InChI is InChI=1S/C18H16N2O2/c1-22-15-8-3-2-5-12(15)17-18-16-11(14(21)9-10-19-18)6-4-7-13(16)20-17/h2-8,19-20H,9-10H2,1H3. The van der Waals surface area contributed by atoms with Crippen LogP contribution in [0.1, 0.15) is 16.8 Å². The van der Waals surface area contributed by atoms with Gasteiger partial charge in [-0.05, 0) is 18.2 Å². The Hall–Kier alpha value is -2.75. The summed E-state index contributed by atoms with van der Waals surface area (Å²) in [7, 11) is 1.67. The SMILES string of the molecule is COc1ccccc1-c1[nH]c2cccc3c2c1NCCC3=O. The van der Waals surface area contributed by atoms with Gasteiger partial charge < -0.3 is 15.0 Å². The second-order valence-corrected chi connectivity index (χ2v) is 5.40. The first-order valence-corrected chi connectivity index (χ1v) is 7.34. The molecular weight excluding hydrogens is 276 g/mol. The number of Topliss-reactive ketones (excluding diaryl/α,β-unsaturated/α-hetero) is 1. The lowest BCUT2D eigenvalue weighted by molar-refractivity contribution is 0.0989. The summed E-state index contributed by atoms with van der Waals surface area (Å²) in [4.78, 5) is 15.7. The number of H-pyrrole nitrogens is 1. The Balaban J connectivity index is 2.06. The highest BCUT2D eigenvalue weighted by Gasteiger charge is 2.23. The van der Waals surface area contributed by atoms with E-state index in [4.69, 9.17) is 4.74 Å². The van der Waals surface area contributed by atoms with Crippen molar-refractivity contribution in [3.8, 4) is 17.0 Å². The molecule has 0 spiro atoms. The summed E-state index contributed by atoms with van der Waals surface area (Å²) < 4.78 is 5.48. The third kappa shape index (κ3) is 1.80. The second kappa shape index (κ2) is 4.91. The van der Waals surface area contributed by atoms with Gasteiger partial charge >= 0.3 is 0 Å². The monoisotopic (exact) mass is 292 g/mol. The molecule has 0 amide bonds. The molecule has 4 rings (SSSR count). The number of ketones is 1. The largest absolute Gasteiger partial charge is 0.496 e. The Morgan fingerprint density at radius 3 is 2.73 bits per heavy atom. The predicted octanol–water partition coefficient (Wildman–Crippen LogP) is 3.84. The molecule has 1 aliphatic rings. The van der Waals surface area contributed by atoms with Crippen LogP contribution in [0.4, 0.5) is 5.69 Å². The van der Waals surface area contributed by atoms with E-state index in [0.29, 0.717) is 13.0 Å². The van der Waals surface area contributed by atoms with Crippen LogP contribution in [0, 0.1) is 0 Å². The molecule has 2 heterocycles. The van der Waals surface area contributed by atoms with Gasteiger partial charge in [0.05, 0.1) is 18.5 Å². The maximum absolute atomic E-state index is 12.3. The van der Waals surface area contributed by atoms with Crippen molar-refractivity contribution in [1.29, 1.82) is 0 Å². The lowest BCUT2D eigenvalue weighted by Crippen LogP contribution is -2.05. The highest BCUT2D eigenvalue weighted by molar-refractivity contribution is 6.16. The lowest BCUT2D eigenvalue weighted by atomic mass is 10.0. The molecule has 4 heteroatoms. The maximum Gasteiger partial charge on any atom is 0.165 e. The molecule has 0 saturated carbocycles. The number of nitrogens with one attached hydrogen (secondary N) is 2. The Labute approximate surface area is 128 Å². The zero-order chi connectivity index (χ0) is 15.1. The van der Waals surface area contributed by atoms with Gasteiger partial charge in [0.25, 0.3) is 0 Å². The van der Waals surface area contributed by atoms with Crippen molar-refractivity contribution < 1.29 is 9.53 Å². The van der Waals surface area contributed by atoms with Gasteiger partial charge in [-0.25, -0.2) is 0 Å². The van der Waals surface area contributed by atoms with Crippen LogP contribution in [0.25, 0.3) is 22.2 Å². The number of carbonyl (C=O) groups is 1. The predicted molar refractivity (Wildman–Crippen MR) is 87.7 cm³/mol. The van der Waals surface area contributed by atoms with Crippen LogP contribution < -0.4 is 10.1 Å². The van der Waals surface area contributed by atoms with Crippen LogP contribution in [0.15, 0.2) is 42.5 Å². The van der Waals surface area contributed by atoms with E-state index in [2.05, 4.69) is 10.3 Å². The number of methoxy groups -OCH3 is 1. The first kappa shape index (κ1) is 13.0. The van der Waals surface area contributed by atoms with E-state index in [1.54, 1.807) is 7.11 Å². The number of benzene rings is 2. The van der Waals surface area contributed by atoms with Gasteiger partial charge in [-0.1, -0.05) is 24.3 Å². The first-order valence-electron chi connectivity index (χ1n) is 7.34. The van der Waals surface area contributed by atoms with E-state index in [1.165, 1.54) is 0 Å². The molecule has 0 saturated heterocycles. The molecule has 0 atom stereocenters. The van der Waals surface area contributed by atoms with Gasteiger partial charge in [-0.3, -0.25) is 4.79 Å². The van der Waals surface area contributed by atoms with E-state index in [0.717, 1.165) is 39.2 Å². The fourth-order valence-corrected chi connectivity index (χ4v) is 3.15. The minimum Gasteiger partial charge on any atom is -0.496 e. The third-order valence-corrected chi connectivity index (χ3v) is 4.15. The van der Waals surface area contributed by atoms with Crippen molar-refractivity contribution in [3.63, 3.8) is 0 Å². The minimum absolute atomic E-state index is 0.183. The van der Waals surface area contributed by atoms with Gasteiger partial charge in [-0.15, -0.1) is 0 Å². The number of rotatable bonds is 2. The molecule has 22 heavy (non-hydrogen) atoms. The molecule has 1 aliphatic heterocycles. The van der Waals surface area contributed by atoms with Crippen LogP contribution in [-0.4, -0.2) is 24.4 Å². The number of aromatic amines is 1. The van der Waals surface area contributed by atoms with Crippen molar-refractivity contribution in [2.45, 2.75) is 6.42 Å². The van der Waals surface area contributed by atoms with Crippen molar-refractivity contribution in [3.05, 3.63) is 48.0 Å². The van der Waals surface area contributed by atoms with Crippen molar-refractivity contribution >= 4 is 22.4 Å². The van der Waals surface area contributed by atoms with Crippen LogP contribution in [0.2, 0.25) is 0 Å². The summed E-state index contributed by atoms with van der Waals surface area (Å²) in [6.07, 6.45) is 0.513. The number of carbonyl (C=O) groups excluding carboxylic acids is 1. The normalized spacial score (nSPS) is 13.8. The Kier molecular flexibility index (Phi) is 2.89. The fourth-order valence-electron chi connectivity index (χ4n) is 3.15. The molecule has 1 aromatic heterocycles. The molecule has 3 aromatic rings. The van der Waals surface area contributed by atoms with Gasteiger partial charge in [0.1, 0.15) is 5.75 Å². The summed E-state index contributed by atoms with van der Waals surface area (Å²) >= 11 is 0. The number of ether oxygens (including phenoxy) is 1. The van der Waals surface area contributed by atoms with Crippen LogP contribution in [0.3, 0.4) is 0 Å². The maximum atomic E-state index is 12.3. The third-order valence-electron chi connectivity index (χ3n) is 4.15. The van der Waals surface area contributed by atoms with E-state index >= 15 is 0 Å². The zero-order valence-corrected chi connectivity index (χ0v) is 12.3. The molecule has 2 aromatic carbocycles. The molecule has 0 aliphatic carbocycles. The van der Waals surface area contributed by atoms with E-state index in [9.17, 15) is 4.79 Å². The highest BCUT2D eigenvalue weighted by atomic mass is 16.5. The molecular formula is C18H16N2O2. The van der Waals surface area contributed by atoms with Gasteiger partial charge in [-0.2, -0.15) is 0 Å². The number of anilines is 1. The zero-order valence-electron chi connectivity index (χ0n) is 12.3. The summed E-state index contributed by atoms with van der Waals surface area (Å²) in [5.74, 6) is 0.992. The average molecular weight is 292 g/mol. The molecule has 0 unspecified atom stereocenters. The smallest absolute Gasteiger partial charge is 0.165 e. The highest BCUT2D eigenvalue weighted by Crippen LogP contribution is 2.41. The summed E-state index contributed by atoms with van der Waals surface area (Å²) in [6, 6.07) is 13.7. The van der Waals surface area contributed by atoms with Gasteiger partial charge in [0, 0.05) is 35.0 Å². The summed E-state index contributed by atoms with van der Waals surface area (Å²) in [5.41, 5.74) is 4.70. The molecule has 0 bridgehead atoms. The first-order chi connectivity index (χ1) is 10.8. The second-order valence-electron chi connectivity index (χ2n) is 5.40. The van der Waals surface area contributed by atoms with Crippen molar-refractivity contribution in [2.75, 3.05) is 19.0 Å². The molecule has 0 fully saturated rings. The van der Waals surface area contributed by atoms with Crippen LogP contribution >= 0.6 is 0 Å². The van der Waals surface area contributed by atoms with E-state index in [-0.39, 0.29) is 5.78 Å². The number of aromatic nitrogens is 1. The number of hydrogen-bond donors (Lipinski definition) is 2. The average Bonchev–Trinajstić information content (AvgIpc) is 2.84. The van der Waals surface area contributed by atoms with E-state index < -0.39 is 0 Å². The van der Waals surface area contributed by atoms with Gasteiger partial charge in [0.15, 0.2) is 5.78 Å². The Morgan fingerprint density at radius 2 is 1.86 bits per heavy atom. The minimum atomic E-state index is 0.183. The van der Waals surface area contributed by atoms with Crippen LogP contribution in [0.5, 0.6) is 5.75 Å². The van der Waals surface area contributed by atoms with Crippen LogP contribution in [-0.2, 0) is 0 Å². The lowest BCUT2D eigenvalue weighted by Gasteiger charge is -2.10. The molecule has 110 valence electrons.